The molecule has 1 aliphatic rings. The molecular weight excluding hydrogens is 308 g/mol. The van der Waals surface area contributed by atoms with Crippen molar-refractivity contribution >= 4 is 12.1 Å². The van der Waals surface area contributed by atoms with Crippen molar-refractivity contribution in [3.05, 3.63) is 35.9 Å². The Balaban J connectivity index is 2.35. The molecule has 0 spiro atoms. The Bertz CT molecular complexity index is 612. The zero-order valence-corrected chi connectivity index (χ0v) is 13.1. The Morgan fingerprint density at radius 2 is 1.78 bits per heavy atom. The van der Waals surface area contributed by atoms with E-state index < -0.39 is 41.5 Å². The van der Waals surface area contributed by atoms with Crippen molar-refractivity contribution in [1.29, 1.82) is 0 Å². The van der Waals surface area contributed by atoms with Gasteiger partial charge in [0.05, 0.1) is 6.04 Å². The number of rotatable bonds is 4. The summed E-state index contributed by atoms with van der Waals surface area (Å²) in [7, 11) is 0. The molecule has 7 heteroatoms. The van der Waals surface area contributed by atoms with Gasteiger partial charge >= 0.3 is 12.1 Å². The lowest BCUT2D eigenvalue weighted by Gasteiger charge is -2.27. The summed E-state index contributed by atoms with van der Waals surface area (Å²) in [5, 5.41) is 11.7. The van der Waals surface area contributed by atoms with Crippen LogP contribution in [0.1, 0.15) is 38.8 Å². The Morgan fingerprint density at radius 3 is 2.17 bits per heavy atom. The maximum Gasteiger partial charge on any atom is 0.408 e. The number of amides is 1. The van der Waals surface area contributed by atoms with Gasteiger partial charge < -0.3 is 15.2 Å². The van der Waals surface area contributed by atoms with Gasteiger partial charge in [0.15, 0.2) is 5.41 Å². The number of hydrogen-bond donors (Lipinski definition) is 2. The van der Waals surface area contributed by atoms with E-state index in [4.69, 9.17) is 4.74 Å². The van der Waals surface area contributed by atoms with Gasteiger partial charge in [-0.1, -0.05) is 30.3 Å². The van der Waals surface area contributed by atoms with Crippen LogP contribution in [0.25, 0.3) is 0 Å². The summed E-state index contributed by atoms with van der Waals surface area (Å²) in [5.74, 6) is -5.04. The van der Waals surface area contributed by atoms with E-state index in [-0.39, 0.29) is 5.56 Å². The van der Waals surface area contributed by atoms with Crippen LogP contribution in [0.4, 0.5) is 13.6 Å². The number of carboxylic acid groups (broad SMARTS) is 1. The van der Waals surface area contributed by atoms with Gasteiger partial charge in [0, 0.05) is 6.42 Å². The lowest BCUT2D eigenvalue weighted by molar-refractivity contribution is -0.149. The van der Waals surface area contributed by atoms with Crippen molar-refractivity contribution < 1.29 is 28.2 Å². The molecule has 0 radical (unpaired) electrons. The Hall–Kier alpha value is -2.18. The van der Waals surface area contributed by atoms with E-state index in [2.05, 4.69) is 5.32 Å². The van der Waals surface area contributed by atoms with Gasteiger partial charge in [-0.2, -0.15) is 0 Å². The molecule has 0 bridgehead atoms. The van der Waals surface area contributed by atoms with Crippen LogP contribution in [-0.4, -0.2) is 28.7 Å². The van der Waals surface area contributed by atoms with E-state index >= 15 is 0 Å². The van der Waals surface area contributed by atoms with Gasteiger partial charge in [0.1, 0.15) is 5.60 Å². The number of ether oxygens (including phenoxy) is 1. The highest BCUT2D eigenvalue weighted by molar-refractivity contribution is 5.83. The van der Waals surface area contributed by atoms with Gasteiger partial charge in [-0.3, -0.25) is 4.79 Å². The fourth-order valence-electron chi connectivity index (χ4n) is 2.54. The summed E-state index contributed by atoms with van der Waals surface area (Å²) in [4.78, 5) is 23.5. The average molecular weight is 327 g/mol. The second-order valence-electron chi connectivity index (χ2n) is 6.65. The van der Waals surface area contributed by atoms with Crippen LogP contribution in [0.2, 0.25) is 0 Å². The first-order valence-corrected chi connectivity index (χ1v) is 7.15. The summed E-state index contributed by atoms with van der Waals surface area (Å²) in [6.07, 6.45) is -1.76. The molecule has 1 aromatic rings. The van der Waals surface area contributed by atoms with Crippen molar-refractivity contribution in [1.82, 2.24) is 5.32 Å². The lowest BCUT2D eigenvalue weighted by Crippen LogP contribution is -2.43. The molecule has 0 aliphatic heterocycles. The minimum Gasteiger partial charge on any atom is -0.481 e. The minimum atomic E-state index is -3.39. The summed E-state index contributed by atoms with van der Waals surface area (Å²) in [5.41, 5.74) is -2.89. The first kappa shape index (κ1) is 17.2. The second-order valence-corrected chi connectivity index (χ2v) is 6.65. The monoisotopic (exact) mass is 327 g/mol. The largest absolute Gasteiger partial charge is 0.481 e. The number of aliphatic carboxylic acids is 1. The number of carboxylic acids is 1. The van der Waals surface area contributed by atoms with Crippen LogP contribution in [0.5, 0.6) is 0 Å². The lowest BCUT2D eigenvalue weighted by atomic mass is 9.89. The highest BCUT2D eigenvalue weighted by Crippen LogP contribution is 2.66. The third-order valence-corrected chi connectivity index (χ3v) is 3.70. The predicted octanol–water partition coefficient (Wildman–Crippen LogP) is 3.36. The molecule has 0 saturated heterocycles. The van der Waals surface area contributed by atoms with E-state index in [0.717, 1.165) is 0 Å². The van der Waals surface area contributed by atoms with E-state index in [1.54, 1.807) is 39.0 Å². The standard InChI is InChI=1S/C16H19F2NO4/c1-14(2,3)23-13(22)19-11(10-7-5-4-6-8-10)15(12(20)21)9-16(15,17)18/h4-8,11H,9H2,1-3H3,(H,19,22)(H,20,21). The first-order chi connectivity index (χ1) is 10.5. The van der Waals surface area contributed by atoms with Gasteiger partial charge in [-0.05, 0) is 26.3 Å². The summed E-state index contributed by atoms with van der Waals surface area (Å²) >= 11 is 0. The van der Waals surface area contributed by atoms with Crippen LogP contribution in [-0.2, 0) is 9.53 Å². The molecule has 23 heavy (non-hydrogen) atoms. The number of carbonyl (C=O) groups excluding carboxylic acids is 1. The third kappa shape index (κ3) is 3.28. The normalized spacial score (nSPS) is 23.7. The fourth-order valence-corrected chi connectivity index (χ4v) is 2.54. The van der Waals surface area contributed by atoms with Gasteiger partial charge in [-0.25, -0.2) is 13.6 Å². The summed E-state index contributed by atoms with van der Waals surface area (Å²) in [6.45, 7) is 4.88. The van der Waals surface area contributed by atoms with Crippen molar-refractivity contribution in [2.75, 3.05) is 0 Å². The molecular formula is C16H19F2NO4. The smallest absolute Gasteiger partial charge is 0.408 e. The van der Waals surface area contributed by atoms with Crippen LogP contribution in [0.3, 0.4) is 0 Å². The molecule has 2 unspecified atom stereocenters. The number of alkyl carbamates (subject to hydrolysis) is 1. The third-order valence-electron chi connectivity index (χ3n) is 3.70. The van der Waals surface area contributed by atoms with Gasteiger partial charge in [-0.15, -0.1) is 0 Å². The molecule has 2 rings (SSSR count). The van der Waals surface area contributed by atoms with Gasteiger partial charge in [0.2, 0.25) is 0 Å². The Morgan fingerprint density at radius 1 is 1.26 bits per heavy atom. The predicted molar refractivity (Wildman–Crippen MR) is 78.2 cm³/mol. The van der Waals surface area contributed by atoms with Gasteiger partial charge in [0.25, 0.3) is 5.92 Å². The molecule has 1 saturated carbocycles. The number of benzene rings is 1. The minimum absolute atomic E-state index is 0.290. The molecule has 1 aromatic carbocycles. The van der Waals surface area contributed by atoms with Crippen molar-refractivity contribution in [2.24, 2.45) is 5.41 Å². The highest BCUT2D eigenvalue weighted by Gasteiger charge is 2.80. The zero-order chi connectivity index (χ0) is 17.5. The van der Waals surface area contributed by atoms with Crippen LogP contribution < -0.4 is 5.32 Å². The fraction of sp³-hybridized carbons (Fsp3) is 0.500. The molecule has 5 nitrogen and oxygen atoms in total. The topological polar surface area (TPSA) is 75.6 Å². The quantitative estimate of drug-likeness (QED) is 0.889. The molecule has 0 aromatic heterocycles. The number of carbonyl (C=O) groups is 2. The molecule has 2 atom stereocenters. The second kappa shape index (κ2) is 5.47. The van der Waals surface area contributed by atoms with E-state index in [0.29, 0.717) is 0 Å². The number of halogens is 2. The SMILES string of the molecule is CC(C)(C)OC(=O)NC(c1ccccc1)C1(C(=O)O)CC1(F)F. The number of hydrogen-bond acceptors (Lipinski definition) is 3. The zero-order valence-electron chi connectivity index (χ0n) is 13.1. The first-order valence-electron chi connectivity index (χ1n) is 7.15. The highest BCUT2D eigenvalue weighted by atomic mass is 19.3. The molecule has 1 aliphatic carbocycles. The average Bonchev–Trinajstić information content (AvgIpc) is 2.99. The summed E-state index contributed by atoms with van der Waals surface area (Å²) < 4.78 is 32.8. The Labute approximate surface area is 132 Å². The molecule has 0 heterocycles. The van der Waals surface area contributed by atoms with Crippen LogP contribution >= 0.6 is 0 Å². The maximum absolute atomic E-state index is 13.9. The maximum atomic E-state index is 13.9. The van der Waals surface area contributed by atoms with Crippen molar-refractivity contribution in [3.8, 4) is 0 Å². The van der Waals surface area contributed by atoms with Crippen LogP contribution in [0, 0.1) is 5.41 Å². The molecule has 2 N–H and O–H groups in total. The molecule has 1 fully saturated rings. The van der Waals surface area contributed by atoms with E-state index in [1.807, 2.05) is 0 Å². The van der Waals surface area contributed by atoms with Crippen molar-refractivity contribution in [3.63, 3.8) is 0 Å². The van der Waals surface area contributed by atoms with Crippen molar-refractivity contribution in [2.45, 2.75) is 44.8 Å². The summed E-state index contributed by atoms with van der Waals surface area (Å²) in [6, 6.07) is 6.48. The Kier molecular flexibility index (Phi) is 4.09. The van der Waals surface area contributed by atoms with Crippen LogP contribution in [0.15, 0.2) is 30.3 Å². The van der Waals surface area contributed by atoms with E-state index in [9.17, 15) is 23.5 Å². The number of nitrogens with one attached hydrogen (secondary N) is 1. The molecule has 126 valence electrons. The van der Waals surface area contributed by atoms with E-state index in [1.165, 1.54) is 12.1 Å². The molecule has 1 amide bonds. The number of alkyl halides is 2.